The quantitative estimate of drug-likeness (QED) is 0.269. The number of hydrogen-bond donors (Lipinski definition) is 0. The Morgan fingerprint density at radius 3 is 2.31 bits per heavy atom. The Kier molecular flexibility index (Phi) is 7.03. The van der Waals surface area contributed by atoms with Crippen LogP contribution in [0.25, 0.3) is 0 Å². The first-order valence-electron chi connectivity index (χ1n) is 11.3. The van der Waals surface area contributed by atoms with Crippen LogP contribution in [0, 0.1) is 11.5 Å². The van der Waals surface area contributed by atoms with Gasteiger partial charge in [0.05, 0.1) is 6.61 Å². The number of ether oxygens (including phenoxy) is 6. The molecule has 0 unspecified atom stereocenters. The first kappa shape index (κ1) is 25.4. The first-order chi connectivity index (χ1) is 14.6. The highest BCUT2D eigenvalue weighted by molar-refractivity contribution is 6.83. The second-order valence-electron chi connectivity index (χ2n) is 10.9. The molecule has 0 aromatic carbocycles. The molecule has 4 atom stereocenters. The van der Waals surface area contributed by atoms with Gasteiger partial charge >= 0.3 is 5.97 Å². The van der Waals surface area contributed by atoms with Gasteiger partial charge in [0, 0.05) is 12.0 Å². The molecule has 0 amide bonds. The van der Waals surface area contributed by atoms with Gasteiger partial charge < -0.3 is 28.4 Å². The van der Waals surface area contributed by atoms with Crippen LogP contribution in [0.15, 0.2) is 11.1 Å². The molecule has 0 radical (unpaired) electrons. The van der Waals surface area contributed by atoms with E-state index in [0.29, 0.717) is 18.4 Å². The average Bonchev–Trinajstić information content (AvgIpc) is 3.11. The van der Waals surface area contributed by atoms with E-state index in [4.69, 9.17) is 28.4 Å². The number of hydrogen-bond acceptors (Lipinski definition) is 7. The van der Waals surface area contributed by atoms with E-state index in [0.717, 1.165) is 5.57 Å². The first-order valence-corrected chi connectivity index (χ1v) is 14.8. The molecule has 1 spiro atoms. The molecule has 3 heterocycles. The summed E-state index contributed by atoms with van der Waals surface area (Å²) in [6.07, 6.45) is -0.584. The van der Waals surface area contributed by atoms with Gasteiger partial charge in [-0.25, -0.2) is 4.79 Å². The van der Waals surface area contributed by atoms with Gasteiger partial charge in [-0.2, -0.15) is 0 Å². The Morgan fingerprint density at radius 1 is 1.06 bits per heavy atom. The van der Waals surface area contributed by atoms with Crippen molar-refractivity contribution in [2.24, 2.45) is 0 Å². The smallest absolute Gasteiger partial charge is 0.334 e. The summed E-state index contributed by atoms with van der Waals surface area (Å²) in [7, 11) is -1.45. The normalized spacial score (nSPS) is 32.7. The lowest BCUT2D eigenvalue weighted by atomic mass is 9.96. The summed E-state index contributed by atoms with van der Waals surface area (Å²) in [4.78, 5) is 13.3. The van der Waals surface area contributed by atoms with Crippen LogP contribution in [0.5, 0.6) is 0 Å². The van der Waals surface area contributed by atoms with E-state index in [2.05, 4.69) is 31.1 Å². The molecule has 0 saturated carbocycles. The van der Waals surface area contributed by atoms with E-state index in [-0.39, 0.29) is 19.3 Å². The lowest BCUT2D eigenvalue weighted by Gasteiger charge is -2.43. The summed E-state index contributed by atoms with van der Waals surface area (Å²) in [6, 6.07) is 0. The zero-order valence-corrected chi connectivity index (χ0v) is 21.9. The van der Waals surface area contributed by atoms with Gasteiger partial charge in [0.25, 0.3) is 0 Å². The minimum Gasteiger partial charge on any atom is -0.450 e. The Morgan fingerprint density at radius 2 is 1.75 bits per heavy atom. The second kappa shape index (κ2) is 8.86. The molecule has 7 nitrogen and oxygen atoms in total. The Hall–Kier alpha value is -1.21. The highest BCUT2D eigenvalue weighted by Gasteiger charge is 2.64. The van der Waals surface area contributed by atoms with Crippen LogP contribution in [-0.4, -0.2) is 62.9 Å². The van der Waals surface area contributed by atoms with Gasteiger partial charge in [0.2, 0.25) is 5.79 Å². The van der Waals surface area contributed by atoms with Gasteiger partial charge in [-0.15, -0.1) is 11.5 Å². The number of fused-ring (bicyclic) bond motifs is 1. The van der Waals surface area contributed by atoms with E-state index >= 15 is 0 Å². The fraction of sp³-hybridized carbons (Fsp3) is 0.792. The summed E-state index contributed by atoms with van der Waals surface area (Å²) in [5, 5.41) is 0. The Balaban J connectivity index is 1.82. The predicted molar refractivity (Wildman–Crippen MR) is 122 cm³/mol. The standard InChI is InChI=1S/C24H38O7Si/c1-16(2)17(12-10-11-13-32(7,8)9)21(25)28-20-19-18(29-23(5,6)30-19)14-26-24(20)15-27-22(3,4)31-24/h18-20H,10,12,14-15H2,1-9H3/t18-,19-,20+,24+/m1/s1. The fourth-order valence-corrected chi connectivity index (χ4v) is 4.83. The summed E-state index contributed by atoms with van der Waals surface area (Å²) in [5.41, 5.74) is 4.86. The molecule has 3 saturated heterocycles. The molecule has 3 aliphatic heterocycles. The Bertz CT molecular complexity index is 824. The maximum absolute atomic E-state index is 13.3. The van der Waals surface area contributed by atoms with E-state index in [1.54, 1.807) is 0 Å². The van der Waals surface area contributed by atoms with Crippen LogP contribution in [-0.2, 0) is 33.2 Å². The SMILES string of the molecule is CC(C)=C(CCC#C[Si](C)(C)C)C(=O)O[C@H]1[C@@H]2OC(C)(C)O[C@@H]2CO[C@]12COC(C)(C)O2. The number of carbonyl (C=O) groups excluding carboxylic acids is 1. The molecule has 0 aliphatic carbocycles. The minimum absolute atomic E-state index is 0.136. The van der Waals surface area contributed by atoms with E-state index in [9.17, 15) is 4.79 Å². The van der Waals surface area contributed by atoms with Gasteiger partial charge in [-0.3, -0.25) is 0 Å². The molecular formula is C24H38O7Si. The van der Waals surface area contributed by atoms with Crippen molar-refractivity contribution in [1.29, 1.82) is 0 Å². The van der Waals surface area contributed by atoms with Crippen LogP contribution < -0.4 is 0 Å². The highest BCUT2D eigenvalue weighted by atomic mass is 28.3. The molecular weight excluding hydrogens is 428 g/mol. The monoisotopic (exact) mass is 466 g/mol. The third-order valence-corrected chi connectivity index (χ3v) is 6.46. The zero-order chi connectivity index (χ0) is 23.9. The number of allylic oxidation sites excluding steroid dienone is 1. The van der Waals surface area contributed by atoms with E-state index in [1.807, 2.05) is 41.5 Å². The largest absolute Gasteiger partial charge is 0.450 e. The van der Waals surface area contributed by atoms with Crippen molar-refractivity contribution >= 4 is 14.0 Å². The third-order valence-electron chi connectivity index (χ3n) is 5.53. The number of rotatable bonds is 4. The van der Waals surface area contributed by atoms with Crippen molar-refractivity contribution < 1.29 is 33.2 Å². The molecule has 3 fully saturated rings. The zero-order valence-electron chi connectivity index (χ0n) is 20.9. The maximum Gasteiger partial charge on any atom is 0.334 e. The summed E-state index contributed by atoms with van der Waals surface area (Å²) >= 11 is 0. The topological polar surface area (TPSA) is 72.5 Å². The van der Waals surface area contributed by atoms with Gasteiger partial charge in [-0.1, -0.05) is 25.2 Å². The Labute approximate surface area is 193 Å². The molecule has 8 heteroatoms. The van der Waals surface area contributed by atoms with Gasteiger partial charge in [0.1, 0.15) is 26.9 Å². The van der Waals surface area contributed by atoms with Crippen LogP contribution in [0.2, 0.25) is 19.6 Å². The molecule has 0 aromatic heterocycles. The third kappa shape index (κ3) is 5.82. The van der Waals surface area contributed by atoms with E-state index in [1.165, 1.54) is 0 Å². The number of esters is 1. The van der Waals surface area contributed by atoms with Gasteiger partial charge in [0.15, 0.2) is 17.7 Å². The highest BCUT2D eigenvalue weighted by Crippen LogP contribution is 2.45. The minimum atomic E-state index is -1.45. The molecule has 180 valence electrons. The van der Waals surface area contributed by atoms with Crippen molar-refractivity contribution in [3.63, 3.8) is 0 Å². The lowest BCUT2D eigenvalue weighted by molar-refractivity contribution is -0.328. The number of carbonyl (C=O) groups is 1. The van der Waals surface area contributed by atoms with Crippen molar-refractivity contribution in [2.45, 2.75) is 110 Å². The predicted octanol–water partition coefficient (Wildman–Crippen LogP) is 3.93. The molecule has 32 heavy (non-hydrogen) atoms. The molecule has 3 rings (SSSR count). The average molecular weight is 467 g/mol. The van der Waals surface area contributed by atoms with Crippen molar-refractivity contribution in [2.75, 3.05) is 13.2 Å². The van der Waals surface area contributed by atoms with Crippen LogP contribution in [0.4, 0.5) is 0 Å². The second-order valence-corrected chi connectivity index (χ2v) is 15.7. The molecule has 0 bridgehead atoms. The van der Waals surface area contributed by atoms with E-state index < -0.39 is 43.6 Å². The summed E-state index contributed by atoms with van der Waals surface area (Å²) in [5.74, 6) is -0.0896. The maximum atomic E-state index is 13.3. The fourth-order valence-electron chi connectivity index (χ4n) is 4.18. The molecule has 3 aliphatic rings. The van der Waals surface area contributed by atoms with Crippen LogP contribution >= 0.6 is 0 Å². The summed E-state index contributed by atoms with van der Waals surface area (Å²) < 4.78 is 36.3. The summed E-state index contributed by atoms with van der Waals surface area (Å²) in [6.45, 7) is 18.1. The molecule has 0 N–H and O–H groups in total. The van der Waals surface area contributed by atoms with Crippen molar-refractivity contribution in [3.05, 3.63) is 11.1 Å². The molecule has 0 aromatic rings. The van der Waals surface area contributed by atoms with Crippen LogP contribution in [0.3, 0.4) is 0 Å². The van der Waals surface area contributed by atoms with Crippen molar-refractivity contribution in [3.8, 4) is 11.5 Å². The van der Waals surface area contributed by atoms with Gasteiger partial charge in [-0.05, 0) is 48.0 Å². The van der Waals surface area contributed by atoms with Crippen molar-refractivity contribution in [1.82, 2.24) is 0 Å². The lowest BCUT2D eigenvalue weighted by Crippen LogP contribution is -2.63. The van der Waals surface area contributed by atoms with Crippen LogP contribution in [0.1, 0.15) is 54.4 Å².